The van der Waals surface area contributed by atoms with Crippen molar-refractivity contribution in [2.45, 2.75) is 32.2 Å². The van der Waals surface area contributed by atoms with Gasteiger partial charge >= 0.3 is 5.97 Å². The van der Waals surface area contributed by atoms with Crippen molar-refractivity contribution in [1.82, 2.24) is 9.78 Å². The number of amidine groups is 1. The molecule has 92 valence electrons. The van der Waals surface area contributed by atoms with Crippen molar-refractivity contribution < 1.29 is 9.90 Å². The highest BCUT2D eigenvalue weighted by Crippen LogP contribution is 2.13. The summed E-state index contributed by atoms with van der Waals surface area (Å²) in [4.78, 5) is 15.2. The van der Waals surface area contributed by atoms with Crippen LogP contribution in [0.5, 0.6) is 0 Å². The van der Waals surface area contributed by atoms with E-state index < -0.39 is 12.0 Å². The zero-order valence-electron chi connectivity index (χ0n) is 9.76. The van der Waals surface area contributed by atoms with Crippen molar-refractivity contribution >= 4 is 17.5 Å². The fraction of sp³-hybridized carbons (Fsp3) is 0.545. The minimum atomic E-state index is -0.894. The smallest absolute Gasteiger partial charge is 0.328 e. The summed E-state index contributed by atoms with van der Waals surface area (Å²) in [5.74, 6) is 0.0634. The van der Waals surface area contributed by atoms with Crippen LogP contribution in [-0.2, 0) is 4.79 Å². The molecule has 2 heterocycles. The van der Waals surface area contributed by atoms with Crippen molar-refractivity contribution in [2.24, 2.45) is 4.99 Å². The Balaban J connectivity index is 2.03. The summed E-state index contributed by atoms with van der Waals surface area (Å²) < 4.78 is 1.42. The maximum Gasteiger partial charge on any atom is 0.328 e. The number of aromatic nitrogens is 2. The number of rotatable bonds is 3. The SMILES string of the molecule is C[C@@H](C(=O)O)n1cc(NC2=NCCCC2)cn1. The maximum atomic E-state index is 10.8. The minimum absolute atomic E-state index is 0.654. The molecular weight excluding hydrogens is 220 g/mol. The van der Waals surface area contributed by atoms with Gasteiger partial charge in [0, 0.05) is 19.2 Å². The lowest BCUT2D eigenvalue weighted by atomic mass is 10.2. The lowest BCUT2D eigenvalue weighted by Gasteiger charge is -2.12. The summed E-state index contributed by atoms with van der Waals surface area (Å²) in [7, 11) is 0. The van der Waals surface area contributed by atoms with E-state index in [0.29, 0.717) is 0 Å². The van der Waals surface area contributed by atoms with Crippen LogP contribution >= 0.6 is 0 Å². The summed E-state index contributed by atoms with van der Waals surface area (Å²) in [6.07, 6.45) is 6.54. The standard InChI is InChI=1S/C11H16N4O2/c1-8(11(16)17)15-7-9(6-13-15)14-10-4-2-3-5-12-10/h6-8H,2-5H2,1H3,(H,12,14)(H,16,17)/t8-/m0/s1. The first kappa shape index (κ1) is 11.6. The molecule has 0 radical (unpaired) electrons. The lowest BCUT2D eigenvalue weighted by molar-refractivity contribution is -0.140. The molecule has 0 fully saturated rings. The van der Waals surface area contributed by atoms with Gasteiger partial charge in [0.15, 0.2) is 0 Å². The second-order valence-electron chi connectivity index (χ2n) is 4.13. The highest BCUT2D eigenvalue weighted by molar-refractivity contribution is 5.95. The number of nitrogens with one attached hydrogen (secondary N) is 1. The molecule has 0 aliphatic carbocycles. The topological polar surface area (TPSA) is 79.5 Å². The van der Waals surface area contributed by atoms with Crippen LogP contribution in [0.1, 0.15) is 32.2 Å². The van der Waals surface area contributed by atoms with Crippen LogP contribution in [0.2, 0.25) is 0 Å². The molecule has 1 aromatic heterocycles. The number of hydrogen-bond acceptors (Lipinski definition) is 4. The second-order valence-corrected chi connectivity index (χ2v) is 4.13. The number of carboxylic acids is 1. The van der Waals surface area contributed by atoms with E-state index in [0.717, 1.165) is 37.3 Å². The van der Waals surface area contributed by atoms with Gasteiger partial charge in [-0.05, 0) is 19.8 Å². The van der Waals surface area contributed by atoms with Crippen LogP contribution in [0.4, 0.5) is 5.69 Å². The van der Waals surface area contributed by atoms with Crippen molar-refractivity contribution in [3.8, 4) is 0 Å². The molecule has 0 amide bonds. The molecule has 0 saturated carbocycles. The van der Waals surface area contributed by atoms with Crippen LogP contribution in [0.25, 0.3) is 0 Å². The number of nitrogens with zero attached hydrogens (tertiary/aromatic N) is 3. The van der Waals surface area contributed by atoms with Crippen LogP contribution < -0.4 is 5.32 Å². The van der Waals surface area contributed by atoms with Gasteiger partial charge in [0.05, 0.1) is 11.9 Å². The normalized spacial score (nSPS) is 17.4. The van der Waals surface area contributed by atoms with Gasteiger partial charge in [-0.15, -0.1) is 0 Å². The number of aliphatic imine (C=N–C) groups is 1. The van der Waals surface area contributed by atoms with Crippen LogP contribution in [0.15, 0.2) is 17.4 Å². The number of anilines is 1. The predicted octanol–water partition coefficient (Wildman–Crippen LogP) is 1.52. The third-order valence-corrected chi connectivity index (χ3v) is 2.77. The molecule has 17 heavy (non-hydrogen) atoms. The van der Waals surface area contributed by atoms with Gasteiger partial charge in [0.1, 0.15) is 11.9 Å². The number of carbonyl (C=O) groups is 1. The Morgan fingerprint density at radius 2 is 2.41 bits per heavy atom. The first-order valence-corrected chi connectivity index (χ1v) is 5.74. The molecule has 2 rings (SSSR count). The van der Waals surface area contributed by atoms with E-state index in [1.807, 2.05) is 0 Å². The first-order chi connectivity index (χ1) is 8.16. The summed E-state index contributed by atoms with van der Waals surface area (Å²) in [6.45, 7) is 2.46. The molecule has 1 atom stereocenters. The fourth-order valence-corrected chi connectivity index (χ4v) is 1.69. The Labute approximate surface area is 99.4 Å². The average Bonchev–Trinajstić information content (AvgIpc) is 2.77. The van der Waals surface area contributed by atoms with E-state index in [-0.39, 0.29) is 0 Å². The number of aliphatic carboxylic acids is 1. The van der Waals surface area contributed by atoms with E-state index >= 15 is 0 Å². The molecule has 0 aromatic carbocycles. The Kier molecular flexibility index (Phi) is 3.41. The Morgan fingerprint density at radius 1 is 1.59 bits per heavy atom. The predicted molar refractivity (Wildman–Crippen MR) is 64.3 cm³/mol. The average molecular weight is 236 g/mol. The van der Waals surface area contributed by atoms with Gasteiger partial charge in [-0.25, -0.2) is 4.79 Å². The van der Waals surface area contributed by atoms with Crippen LogP contribution in [-0.4, -0.2) is 33.2 Å². The summed E-state index contributed by atoms with van der Waals surface area (Å²) in [6, 6.07) is -0.654. The minimum Gasteiger partial charge on any atom is -0.480 e. The number of hydrogen-bond donors (Lipinski definition) is 2. The highest BCUT2D eigenvalue weighted by atomic mass is 16.4. The summed E-state index contributed by atoms with van der Waals surface area (Å²) in [5.41, 5.74) is 0.791. The molecule has 6 heteroatoms. The first-order valence-electron chi connectivity index (χ1n) is 5.74. The molecule has 0 spiro atoms. The van der Waals surface area contributed by atoms with Crippen molar-refractivity contribution in [3.63, 3.8) is 0 Å². The Hall–Kier alpha value is -1.85. The van der Waals surface area contributed by atoms with Crippen LogP contribution in [0, 0.1) is 0 Å². The highest BCUT2D eigenvalue weighted by Gasteiger charge is 2.14. The van der Waals surface area contributed by atoms with Gasteiger partial charge in [-0.3, -0.25) is 9.67 Å². The van der Waals surface area contributed by atoms with Crippen molar-refractivity contribution in [3.05, 3.63) is 12.4 Å². The van der Waals surface area contributed by atoms with E-state index in [2.05, 4.69) is 15.4 Å². The number of carboxylic acid groups (broad SMARTS) is 1. The third-order valence-electron chi connectivity index (χ3n) is 2.77. The van der Waals surface area contributed by atoms with Gasteiger partial charge in [0.2, 0.25) is 0 Å². The van der Waals surface area contributed by atoms with Gasteiger partial charge in [0.25, 0.3) is 0 Å². The molecule has 0 bridgehead atoms. The fourth-order valence-electron chi connectivity index (χ4n) is 1.69. The molecule has 1 aliphatic rings. The van der Waals surface area contributed by atoms with Gasteiger partial charge in [-0.1, -0.05) is 0 Å². The Morgan fingerprint density at radius 3 is 3.06 bits per heavy atom. The maximum absolute atomic E-state index is 10.8. The zero-order valence-corrected chi connectivity index (χ0v) is 9.76. The molecule has 2 N–H and O–H groups in total. The zero-order chi connectivity index (χ0) is 12.3. The van der Waals surface area contributed by atoms with Crippen molar-refractivity contribution in [1.29, 1.82) is 0 Å². The van der Waals surface area contributed by atoms with E-state index in [1.165, 1.54) is 4.68 Å². The van der Waals surface area contributed by atoms with Crippen molar-refractivity contribution in [2.75, 3.05) is 11.9 Å². The van der Waals surface area contributed by atoms with Crippen LogP contribution in [0.3, 0.4) is 0 Å². The molecule has 1 aliphatic heterocycles. The molecular formula is C11H16N4O2. The van der Waals surface area contributed by atoms with Gasteiger partial charge < -0.3 is 10.4 Å². The lowest BCUT2D eigenvalue weighted by Crippen LogP contribution is -2.17. The third kappa shape index (κ3) is 2.83. The monoisotopic (exact) mass is 236 g/mol. The molecule has 1 aromatic rings. The summed E-state index contributed by atoms with van der Waals surface area (Å²) in [5, 5.41) is 16.1. The van der Waals surface area contributed by atoms with E-state index in [4.69, 9.17) is 5.11 Å². The molecule has 0 saturated heterocycles. The molecule has 6 nitrogen and oxygen atoms in total. The Bertz CT molecular complexity index is 438. The quantitative estimate of drug-likeness (QED) is 0.834. The summed E-state index contributed by atoms with van der Waals surface area (Å²) >= 11 is 0. The largest absolute Gasteiger partial charge is 0.480 e. The van der Waals surface area contributed by atoms with E-state index in [1.54, 1.807) is 19.3 Å². The van der Waals surface area contributed by atoms with E-state index in [9.17, 15) is 4.79 Å². The van der Waals surface area contributed by atoms with Gasteiger partial charge in [-0.2, -0.15) is 5.10 Å². The second kappa shape index (κ2) is 4.99. The molecule has 0 unspecified atom stereocenters.